The minimum absolute atomic E-state index is 0.0331. The maximum absolute atomic E-state index is 12.4. The maximum Gasteiger partial charge on any atom is 0.326 e. The van der Waals surface area contributed by atoms with Gasteiger partial charge in [-0.2, -0.15) is 0 Å². The van der Waals surface area contributed by atoms with Crippen LogP contribution in [0.1, 0.15) is 19.4 Å². The molecule has 0 bridgehead atoms. The van der Waals surface area contributed by atoms with Gasteiger partial charge in [-0.15, -0.1) is 0 Å². The topological polar surface area (TPSA) is 78.5 Å². The van der Waals surface area contributed by atoms with E-state index in [-0.39, 0.29) is 11.7 Å². The molecule has 1 aliphatic rings. The molecule has 3 N–H and O–H groups in total. The van der Waals surface area contributed by atoms with Gasteiger partial charge in [0.15, 0.2) is 0 Å². The molecule has 104 valence electrons. The van der Waals surface area contributed by atoms with Crippen molar-refractivity contribution < 1.29 is 0 Å². The average Bonchev–Trinajstić information content (AvgIpc) is 3.02. The van der Waals surface area contributed by atoms with Gasteiger partial charge in [-0.3, -0.25) is 4.57 Å². The molecule has 4 rings (SSSR count). The molecule has 0 spiro atoms. The Bertz CT molecular complexity index is 827. The summed E-state index contributed by atoms with van der Waals surface area (Å²) in [6.07, 6.45) is 4.57. The van der Waals surface area contributed by atoms with Gasteiger partial charge >= 0.3 is 5.69 Å². The van der Waals surface area contributed by atoms with Crippen molar-refractivity contribution in [1.29, 1.82) is 0 Å². The van der Waals surface area contributed by atoms with Gasteiger partial charge in [0.1, 0.15) is 5.65 Å². The third-order valence-corrected chi connectivity index (χ3v) is 4.33. The number of piperidine rings is 1. The van der Waals surface area contributed by atoms with E-state index in [0.717, 1.165) is 41.6 Å². The average molecular weight is 271 g/mol. The Balaban J connectivity index is 2.04. The summed E-state index contributed by atoms with van der Waals surface area (Å²) in [5.74, 6) is 0.433. The summed E-state index contributed by atoms with van der Waals surface area (Å²) < 4.78 is 1.93. The summed E-state index contributed by atoms with van der Waals surface area (Å²) in [5, 5.41) is 4.39. The van der Waals surface area contributed by atoms with E-state index in [2.05, 4.69) is 27.2 Å². The van der Waals surface area contributed by atoms with Crippen LogP contribution < -0.4 is 11.0 Å². The molecular formula is C14H17N5O. The second-order valence-corrected chi connectivity index (χ2v) is 5.60. The number of hydrogen-bond donors (Lipinski definition) is 3. The standard InChI is InChI=1S/C14H17N5O/c1-8-6-15-4-3-11(8)19-12-9-2-5-16-13(9)17-7-10(12)18-14(19)20/h2,5,7-8,11,15H,3-4,6H2,1H3,(H,16,17)(H,18,20)/t8-,11+/m1/s1. The lowest BCUT2D eigenvalue weighted by Gasteiger charge is -2.30. The Morgan fingerprint density at radius 1 is 1.45 bits per heavy atom. The van der Waals surface area contributed by atoms with E-state index < -0.39 is 0 Å². The van der Waals surface area contributed by atoms with Crippen molar-refractivity contribution in [1.82, 2.24) is 24.8 Å². The summed E-state index contributed by atoms with van der Waals surface area (Å²) in [5.41, 5.74) is 2.58. The van der Waals surface area contributed by atoms with Crippen LogP contribution in [0.5, 0.6) is 0 Å². The second kappa shape index (κ2) is 4.21. The molecule has 1 saturated heterocycles. The molecule has 1 fully saturated rings. The van der Waals surface area contributed by atoms with E-state index in [9.17, 15) is 4.79 Å². The van der Waals surface area contributed by atoms with E-state index in [1.165, 1.54) is 0 Å². The van der Waals surface area contributed by atoms with E-state index >= 15 is 0 Å². The van der Waals surface area contributed by atoms with Crippen LogP contribution in [-0.4, -0.2) is 32.6 Å². The van der Waals surface area contributed by atoms with Gasteiger partial charge in [0.05, 0.1) is 17.2 Å². The van der Waals surface area contributed by atoms with Crippen LogP contribution in [0.4, 0.5) is 0 Å². The predicted molar refractivity (Wildman–Crippen MR) is 77.9 cm³/mol. The van der Waals surface area contributed by atoms with Gasteiger partial charge in [-0.05, 0) is 31.5 Å². The highest BCUT2D eigenvalue weighted by molar-refractivity contribution is 6.00. The van der Waals surface area contributed by atoms with Gasteiger partial charge in [-0.1, -0.05) is 6.92 Å². The highest BCUT2D eigenvalue weighted by Crippen LogP contribution is 2.29. The first kappa shape index (κ1) is 11.7. The Morgan fingerprint density at radius 2 is 2.35 bits per heavy atom. The molecule has 0 amide bonds. The monoisotopic (exact) mass is 271 g/mol. The van der Waals surface area contributed by atoms with Crippen LogP contribution >= 0.6 is 0 Å². The molecule has 6 nitrogen and oxygen atoms in total. The molecule has 3 aromatic heterocycles. The molecule has 0 aliphatic carbocycles. The van der Waals surface area contributed by atoms with Gasteiger partial charge in [-0.25, -0.2) is 9.78 Å². The summed E-state index contributed by atoms with van der Waals surface area (Å²) in [6.45, 7) is 4.10. The first-order chi connectivity index (χ1) is 9.75. The molecular weight excluding hydrogens is 254 g/mol. The zero-order valence-electron chi connectivity index (χ0n) is 11.3. The van der Waals surface area contributed by atoms with E-state index in [1.807, 2.05) is 16.8 Å². The molecule has 0 radical (unpaired) electrons. The summed E-state index contributed by atoms with van der Waals surface area (Å²) in [4.78, 5) is 22.8. The van der Waals surface area contributed by atoms with Crippen molar-refractivity contribution in [3.63, 3.8) is 0 Å². The number of hydrogen-bond acceptors (Lipinski definition) is 3. The molecule has 6 heteroatoms. The number of fused-ring (bicyclic) bond motifs is 3. The van der Waals surface area contributed by atoms with Crippen molar-refractivity contribution in [2.24, 2.45) is 5.92 Å². The number of imidazole rings is 1. The number of pyridine rings is 1. The lowest BCUT2D eigenvalue weighted by atomic mass is 9.95. The minimum Gasteiger partial charge on any atom is -0.346 e. The molecule has 0 unspecified atom stereocenters. The largest absolute Gasteiger partial charge is 0.346 e. The van der Waals surface area contributed by atoms with Crippen molar-refractivity contribution in [2.75, 3.05) is 13.1 Å². The number of aromatic nitrogens is 4. The van der Waals surface area contributed by atoms with E-state index in [0.29, 0.717) is 5.92 Å². The molecule has 20 heavy (non-hydrogen) atoms. The number of aromatic amines is 2. The Morgan fingerprint density at radius 3 is 3.20 bits per heavy atom. The zero-order chi connectivity index (χ0) is 13.7. The summed E-state index contributed by atoms with van der Waals surface area (Å²) in [6, 6.07) is 2.22. The van der Waals surface area contributed by atoms with E-state index in [4.69, 9.17) is 0 Å². The SMILES string of the molecule is C[C@@H]1CNCC[C@@H]1n1c(=O)[nH]c2cnc3[nH]ccc3c21. The van der Waals surface area contributed by atoms with Gasteiger partial charge in [0.2, 0.25) is 0 Å². The van der Waals surface area contributed by atoms with E-state index in [1.54, 1.807) is 6.20 Å². The molecule has 4 heterocycles. The van der Waals surface area contributed by atoms with Crippen LogP contribution in [0.3, 0.4) is 0 Å². The zero-order valence-corrected chi connectivity index (χ0v) is 11.3. The number of H-pyrrole nitrogens is 2. The number of nitrogens with zero attached hydrogens (tertiary/aromatic N) is 2. The van der Waals surface area contributed by atoms with Crippen molar-refractivity contribution in [2.45, 2.75) is 19.4 Å². The first-order valence-corrected chi connectivity index (χ1v) is 7.02. The van der Waals surface area contributed by atoms with Crippen molar-refractivity contribution in [3.8, 4) is 0 Å². The second-order valence-electron chi connectivity index (χ2n) is 5.60. The van der Waals surface area contributed by atoms with Crippen LogP contribution in [0.25, 0.3) is 22.1 Å². The van der Waals surface area contributed by atoms with Gasteiger partial charge in [0, 0.05) is 17.6 Å². The van der Waals surface area contributed by atoms with Crippen LogP contribution in [0.15, 0.2) is 23.3 Å². The highest BCUT2D eigenvalue weighted by Gasteiger charge is 2.26. The normalized spacial score (nSPS) is 23.6. The van der Waals surface area contributed by atoms with Gasteiger partial charge < -0.3 is 15.3 Å². The fourth-order valence-corrected chi connectivity index (χ4v) is 3.32. The predicted octanol–water partition coefficient (Wildman–Crippen LogP) is 1.38. The summed E-state index contributed by atoms with van der Waals surface area (Å²) in [7, 11) is 0. The minimum atomic E-state index is -0.0331. The molecule has 0 saturated carbocycles. The van der Waals surface area contributed by atoms with Crippen LogP contribution in [0, 0.1) is 5.92 Å². The molecule has 0 aromatic carbocycles. The quantitative estimate of drug-likeness (QED) is 0.625. The first-order valence-electron chi connectivity index (χ1n) is 7.02. The smallest absolute Gasteiger partial charge is 0.326 e. The fraction of sp³-hybridized carbons (Fsp3) is 0.429. The lowest BCUT2D eigenvalue weighted by molar-refractivity contribution is 0.274. The van der Waals surface area contributed by atoms with Crippen LogP contribution in [0.2, 0.25) is 0 Å². The maximum atomic E-state index is 12.4. The Labute approximate surface area is 115 Å². The number of rotatable bonds is 1. The number of nitrogens with one attached hydrogen (secondary N) is 3. The third-order valence-electron chi connectivity index (χ3n) is 4.33. The fourth-order valence-electron chi connectivity index (χ4n) is 3.32. The summed E-state index contributed by atoms with van der Waals surface area (Å²) >= 11 is 0. The van der Waals surface area contributed by atoms with Gasteiger partial charge in [0.25, 0.3) is 0 Å². The molecule has 1 aliphatic heterocycles. The molecule has 2 atom stereocenters. The lowest BCUT2D eigenvalue weighted by Crippen LogP contribution is -2.39. The Kier molecular flexibility index (Phi) is 2.47. The highest BCUT2D eigenvalue weighted by atomic mass is 16.1. The van der Waals surface area contributed by atoms with Crippen molar-refractivity contribution >= 4 is 22.1 Å². The van der Waals surface area contributed by atoms with Crippen molar-refractivity contribution in [3.05, 3.63) is 28.9 Å². The van der Waals surface area contributed by atoms with Crippen LogP contribution in [-0.2, 0) is 0 Å². The Hall–Kier alpha value is -2.08. The molecule has 3 aromatic rings. The third kappa shape index (κ3) is 1.54.